The highest BCUT2D eigenvalue weighted by molar-refractivity contribution is 14.1. The molecule has 112 valence electrons. The number of nitrogens with one attached hydrogen (secondary N) is 1. The van der Waals surface area contributed by atoms with Crippen LogP contribution in [0.3, 0.4) is 0 Å². The molecule has 0 radical (unpaired) electrons. The Labute approximate surface area is 138 Å². The summed E-state index contributed by atoms with van der Waals surface area (Å²) in [6, 6.07) is 7.44. The second-order valence-corrected chi connectivity index (χ2v) is 5.41. The van der Waals surface area contributed by atoms with Gasteiger partial charge in [0.05, 0.1) is 13.1 Å². The van der Waals surface area contributed by atoms with Gasteiger partial charge in [0, 0.05) is 9.26 Å². The molecule has 0 fully saturated rings. The summed E-state index contributed by atoms with van der Waals surface area (Å²) in [7, 11) is 0. The van der Waals surface area contributed by atoms with Crippen LogP contribution in [0.2, 0.25) is 0 Å². The van der Waals surface area contributed by atoms with Crippen LogP contribution in [0.4, 0.5) is 5.69 Å². The lowest BCUT2D eigenvalue weighted by atomic mass is 10.3. The number of hydrogen-bond acceptors (Lipinski definition) is 3. The summed E-state index contributed by atoms with van der Waals surface area (Å²) in [6.07, 6.45) is 0.810. The first-order valence-electron chi connectivity index (χ1n) is 6.01. The van der Waals surface area contributed by atoms with Crippen LogP contribution in [-0.2, 0) is 9.59 Å². The highest BCUT2D eigenvalue weighted by Crippen LogP contribution is 2.11. The Kier molecular flexibility index (Phi) is 9.52. The Morgan fingerprint density at radius 2 is 1.85 bits per heavy atom. The molecule has 0 aromatic heterocycles. The molecule has 0 aliphatic heterocycles. The van der Waals surface area contributed by atoms with Crippen molar-refractivity contribution in [3.63, 3.8) is 0 Å². The fourth-order valence-electron chi connectivity index (χ4n) is 1.66. The zero-order chi connectivity index (χ0) is 14.3. The monoisotopic (exact) mass is 412 g/mol. The van der Waals surface area contributed by atoms with Crippen molar-refractivity contribution in [2.24, 2.45) is 0 Å². The molecule has 1 aromatic rings. The van der Waals surface area contributed by atoms with Crippen molar-refractivity contribution < 1.29 is 14.7 Å². The third-order valence-electron chi connectivity index (χ3n) is 2.39. The number of anilines is 1. The van der Waals surface area contributed by atoms with Gasteiger partial charge in [-0.3, -0.25) is 14.5 Å². The van der Waals surface area contributed by atoms with Crippen molar-refractivity contribution in [1.82, 2.24) is 4.90 Å². The quantitative estimate of drug-likeness (QED) is 0.675. The zero-order valence-corrected chi connectivity index (χ0v) is 14.1. The normalized spacial score (nSPS) is 9.95. The lowest BCUT2D eigenvalue weighted by molar-refractivity contribution is -0.138. The Morgan fingerprint density at radius 3 is 2.35 bits per heavy atom. The molecule has 0 aliphatic rings. The Morgan fingerprint density at radius 1 is 1.25 bits per heavy atom. The molecule has 5 nitrogen and oxygen atoms in total. The van der Waals surface area contributed by atoms with Crippen LogP contribution >= 0.6 is 35.0 Å². The molecule has 0 heterocycles. The minimum Gasteiger partial charge on any atom is -0.480 e. The van der Waals surface area contributed by atoms with E-state index in [0.717, 1.165) is 15.7 Å². The largest absolute Gasteiger partial charge is 0.480 e. The summed E-state index contributed by atoms with van der Waals surface area (Å²) < 4.78 is 1.09. The van der Waals surface area contributed by atoms with Gasteiger partial charge in [-0.15, -0.1) is 12.4 Å². The van der Waals surface area contributed by atoms with E-state index in [-0.39, 0.29) is 31.4 Å². The van der Waals surface area contributed by atoms with E-state index in [2.05, 4.69) is 27.9 Å². The van der Waals surface area contributed by atoms with Crippen molar-refractivity contribution in [2.45, 2.75) is 13.3 Å². The van der Waals surface area contributed by atoms with E-state index in [4.69, 9.17) is 5.11 Å². The topological polar surface area (TPSA) is 69.6 Å². The molecular formula is C13H18ClIN2O3. The van der Waals surface area contributed by atoms with Crippen molar-refractivity contribution >= 4 is 52.6 Å². The van der Waals surface area contributed by atoms with Gasteiger partial charge >= 0.3 is 5.97 Å². The van der Waals surface area contributed by atoms with Crippen LogP contribution in [0.15, 0.2) is 24.3 Å². The van der Waals surface area contributed by atoms with Gasteiger partial charge in [0.2, 0.25) is 5.91 Å². The van der Waals surface area contributed by atoms with Crippen molar-refractivity contribution in [3.8, 4) is 0 Å². The minimum absolute atomic E-state index is 0. The number of carboxylic acid groups (broad SMARTS) is 1. The number of nitrogens with zero attached hydrogens (tertiary/aromatic N) is 1. The van der Waals surface area contributed by atoms with Crippen molar-refractivity contribution in [3.05, 3.63) is 27.8 Å². The maximum Gasteiger partial charge on any atom is 0.317 e. The second-order valence-electron chi connectivity index (χ2n) is 4.16. The molecule has 2 N–H and O–H groups in total. The van der Waals surface area contributed by atoms with E-state index < -0.39 is 5.97 Å². The van der Waals surface area contributed by atoms with Crippen molar-refractivity contribution in [1.29, 1.82) is 0 Å². The zero-order valence-electron chi connectivity index (χ0n) is 11.1. The van der Waals surface area contributed by atoms with Gasteiger partial charge in [0.15, 0.2) is 0 Å². The number of carbonyl (C=O) groups is 2. The van der Waals surface area contributed by atoms with E-state index in [0.29, 0.717) is 6.54 Å². The highest BCUT2D eigenvalue weighted by Gasteiger charge is 2.13. The van der Waals surface area contributed by atoms with E-state index in [1.807, 2.05) is 31.2 Å². The number of benzene rings is 1. The first-order chi connectivity index (χ1) is 9.01. The Hall–Kier alpha value is -0.860. The third kappa shape index (κ3) is 7.66. The number of halogens is 2. The van der Waals surface area contributed by atoms with Crippen LogP contribution in [0, 0.1) is 3.57 Å². The lowest BCUT2D eigenvalue weighted by Crippen LogP contribution is -2.37. The Balaban J connectivity index is 0.00000361. The Bertz CT molecular complexity index is 440. The molecule has 7 heteroatoms. The summed E-state index contributed by atoms with van der Waals surface area (Å²) in [5.41, 5.74) is 0.720. The van der Waals surface area contributed by atoms with Gasteiger partial charge in [-0.2, -0.15) is 0 Å². The smallest absolute Gasteiger partial charge is 0.317 e. The number of amides is 1. The number of carbonyl (C=O) groups excluding carboxylic acids is 1. The lowest BCUT2D eigenvalue weighted by Gasteiger charge is -2.18. The van der Waals surface area contributed by atoms with Gasteiger partial charge in [-0.25, -0.2) is 0 Å². The molecule has 0 unspecified atom stereocenters. The maximum absolute atomic E-state index is 11.8. The molecule has 1 rings (SSSR count). The summed E-state index contributed by atoms with van der Waals surface area (Å²) in [5, 5.41) is 11.5. The molecule has 0 bridgehead atoms. The number of carboxylic acids is 1. The van der Waals surface area contributed by atoms with Crippen LogP contribution < -0.4 is 5.32 Å². The van der Waals surface area contributed by atoms with Gasteiger partial charge < -0.3 is 10.4 Å². The van der Waals surface area contributed by atoms with Gasteiger partial charge in [0.1, 0.15) is 0 Å². The van der Waals surface area contributed by atoms with Crippen LogP contribution in [0.1, 0.15) is 13.3 Å². The van der Waals surface area contributed by atoms with Crippen LogP contribution in [0.5, 0.6) is 0 Å². The molecular weight excluding hydrogens is 395 g/mol. The predicted molar refractivity (Wildman–Crippen MR) is 89.4 cm³/mol. The number of aliphatic carboxylic acids is 1. The molecule has 0 saturated heterocycles. The van der Waals surface area contributed by atoms with Crippen LogP contribution in [-0.4, -0.2) is 41.5 Å². The molecule has 0 saturated carbocycles. The molecule has 1 amide bonds. The first kappa shape index (κ1) is 19.1. The summed E-state index contributed by atoms with van der Waals surface area (Å²) in [4.78, 5) is 24.1. The summed E-state index contributed by atoms with van der Waals surface area (Å²) in [6.45, 7) is 2.51. The number of rotatable bonds is 7. The van der Waals surface area contributed by atoms with Gasteiger partial charge in [-0.05, 0) is 59.8 Å². The molecule has 0 aliphatic carbocycles. The fraction of sp³-hybridized carbons (Fsp3) is 0.385. The molecule has 1 aromatic carbocycles. The molecule has 20 heavy (non-hydrogen) atoms. The first-order valence-corrected chi connectivity index (χ1v) is 7.08. The number of hydrogen-bond donors (Lipinski definition) is 2. The van der Waals surface area contributed by atoms with E-state index in [1.165, 1.54) is 0 Å². The van der Waals surface area contributed by atoms with Crippen LogP contribution in [0.25, 0.3) is 0 Å². The van der Waals surface area contributed by atoms with Gasteiger partial charge in [0.25, 0.3) is 0 Å². The standard InChI is InChI=1S/C13H17IN2O3.ClH/c1-2-7-16(9-13(18)19)8-12(17)15-11-5-3-10(14)4-6-11;/h3-6H,2,7-9H2,1H3,(H,15,17)(H,18,19);1H. The summed E-state index contributed by atoms with van der Waals surface area (Å²) in [5.74, 6) is -1.12. The van der Waals surface area contributed by atoms with E-state index >= 15 is 0 Å². The second kappa shape index (κ2) is 9.95. The van der Waals surface area contributed by atoms with Gasteiger partial charge in [-0.1, -0.05) is 6.92 Å². The van der Waals surface area contributed by atoms with E-state index in [1.54, 1.807) is 4.90 Å². The maximum atomic E-state index is 11.8. The van der Waals surface area contributed by atoms with Crippen molar-refractivity contribution in [2.75, 3.05) is 25.0 Å². The fourth-order valence-corrected chi connectivity index (χ4v) is 2.02. The summed E-state index contributed by atoms with van der Waals surface area (Å²) >= 11 is 2.19. The predicted octanol–water partition coefficient (Wildman–Crippen LogP) is 2.45. The third-order valence-corrected chi connectivity index (χ3v) is 3.11. The minimum atomic E-state index is -0.921. The molecule has 0 atom stereocenters. The highest BCUT2D eigenvalue weighted by atomic mass is 127. The van der Waals surface area contributed by atoms with E-state index in [9.17, 15) is 9.59 Å². The molecule has 0 spiro atoms. The average Bonchev–Trinajstić information content (AvgIpc) is 2.31. The average molecular weight is 413 g/mol. The SMILES string of the molecule is CCCN(CC(=O)O)CC(=O)Nc1ccc(I)cc1.Cl.